The van der Waals surface area contributed by atoms with E-state index >= 15 is 0 Å². The zero-order valence-corrected chi connectivity index (χ0v) is 13.8. The van der Waals surface area contributed by atoms with Gasteiger partial charge in [0.05, 0.1) is 0 Å². The molecule has 1 N–H and O–H groups in total. The minimum atomic E-state index is -5.51. The molecule has 2 aliphatic heterocycles. The Morgan fingerprint density at radius 1 is 1.06 bits per heavy atom. The van der Waals surface area contributed by atoms with Gasteiger partial charge in [-0.25, -0.2) is 0 Å². The van der Waals surface area contributed by atoms with Crippen molar-refractivity contribution >= 4 is 89.3 Å². The van der Waals surface area contributed by atoms with Crippen LogP contribution in [0.25, 0.3) is 0 Å². The molecule has 0 spiro atoms. The van der Waals surface area contributed by atoms with Gasteiger partial charge >= 0.3 is 88.0 Å². The summed E-state index contributed by atoms with van der Waals surface area (Å²) in [4.78, 5) is 33.2. The summed E-state index contributed by atoms with van der Waals surface area (Å²) in [6, 6.07) is 0. The van der Waals surface area contributed by atoms with Crippen LogP contribution in [0.5, 0.6) is 0 Å². The van der Waals surface area contributed by atoms with Crippen LogP contribution in [0.1, 0.15) is 12.8 Å². The topological polar surface area (TPSA) is 116 Å². The van der Waals surface area contributed by atoms with Crippen LogP contribution in [0.2, 0.25) is 0 Å². The molecule has 2 aliphatic rings. The second kappa shape index (κ2) is 4.71. The molecule has 2 fully saturated rings. The Morgan fingerprint density at radius 3 is 1.94 bits per heavy atom. The third-order valence-corrected chi connectivity index (χ3v) is 5.43. The number of hydrogen-bond acceptors (Lipinski definition) is 8. The van der Waals surface area contributed by atoms with Crippen LogP contribution in [-0.2, 0) is 26.4 Å². The quantitative estimate of drug-likeness (QED) is 0.474. The molecule has 0 aliphatic carbocycles. The standard InChI is InChI=1S/C6H8O7.K.O.Sb/c7-3(8)1-6(13,5(11)12)2-4(9)10;;;/h13H,1-2H2,(H,7,8)(H,9,10)(H,11,12);;;/q;;;+3/p-3. The summed E-state index contributed by atoms with van der Waals surface area (Å²) in [6.07, 6.45) is -1.53. The van der Waals surface area contributed by atoms with E-state index in [2.05, 4.69) is 9.05 Å². The SMILES string of the molecule is O=C1CC2(O)CC(=O)[O][Sb](=[O])([O]1)[O]C2=O.[K]. The number of fused-ring (bicyclic) bond motifs is 3. The monoisotopic (exact) mass is 365 g/mol. The zero-order valence-electron chi connectivity index (χ0n) is 8.17. The molecule has 16 heavy (non-hydrogen) atoms. The molecule has 2 heterocycles. The van der Waals surface area contributed by atoms with Crippen molar-refractivity contribution in [3.05, 3.63) is 0 Å². The Hall–Kier alpha value is 0.625. The van der Waals surface area contributed by atoms with Crippen molar-refractivity contribution in [2.45, 2.75) is 18.4 Å². The van der Waals surface area contributed by atoms with Gasteiger partial charge in [0.2, 0.25) is 0 Å². The Labute approximate surface area is 137 Å². The average Bonchev–Trinajstić information content (AvgIpc) is 2.09. The van der Waals surface area contributed by atoms with E-state index in [9.17, 15) is 22.5 Å². The second-order valence-corrected chi connectivity index (χ2v) is 7.25. The van der Waals surface area contributed by atoms with Crippen molar-refractivity contribution in [2.75, 3.05) is 0 Å². The summed E-state index contributed by atoms with van der Waals surface area (Å²) < 4.78 is 24.2. The Balaban J connectivity index is 0.00000128. The van der Waals surface area contributed by atoms with Crippen LogP contribution in [-0.4, -0.2) is 100 Å². The van der Waals surface area contributed by atoms with Crippen LogP contribution in [0.3, 0.4) is 0 Å². The van der Waals surface area contributed by atoms with Gasteiger partial charge in [-0.2, -0.15) is 0 Å². The molecule has 0 aromatic carbocycles. The van der Waals surface area contributed by atoms with Gasteiger partial charge in [-0.15, -0.1) is 0 Å². The Bertz CT molecular complexity index is 393. The van der Waals surface area contributed by atoms with Crippen molar-refractivity contribution in [1.82, 2.24) is 0 Å². The van der Waals surface area contributed by atoms with Crippen LogP contribution in [0.4, 0.5) is 0 Å². The minimum absolute atomic E-state index is 0. The maximum absolute atomic E-state index is 11.5. The molecule has 2 rings (SSSR count). The van der Waals surface area contributed by atoms with Crippen LogP contribution in [0.15, 0.2) is 0 Å². The van der Waals surface area contributed by atoms with Crippen molar-refractivity contribution in [3.8, 4) is 0 Å². The van der Waals surface area contributed by atoms with Gasteiger partial charge in [-0.3, -0.25) is 0 Å². The van der Waals surface area contributed by atoms with E-state index in [1.165, 1.54) is 0 Å². The van der Waals surface area contributed by atoms with Crippen molar-refractivity contribution in [2.24, 2.45) is 0 Å². The maximum atomic E-state index is 11.5. The van der Waals surface area contributed by atoms with Gasteiger partial charge < -0.3 is 0 Å². The Morgan fingerprint density at radius 2 is 1.50 bits per heavy atom. The van der Waals surface area contributed by atoms with Crippen LogP contribution >= 0.6 is 0 Å². The molecule has 10 heteroatoms. The molecule has 0 atom stereocenters. The summed E-state index contributed by atoms with van der Waals surface area (Å²) in [5, 5.41) is 9.62. The summed E-state index contributed by atoms with van der Waals surface area (Å²) in [5.74, 6) is -3.49. The van der Waals surface area contributed by atoms with Gasteiger partial charge in [-0.05, 0) is 0 Å². The molecule has 0 aromatic rings. The van der Waals surface area contributed by atoms with Crippen LogP contribution < -0.4 is 0 Å². The number of carbonyl (C=O) groups is 3. The van der Waals surface area contributed by atoms with Crippen molar-refractivity contribution in [1.29, 1.82) is 0 Å². The van der Waals surface area contributed by atoms with Gasteiger partial charge in [0, 0.05) is 51.4 Å². The number of hydrogen-bond donors (Lipinski definition) is 1. The van der Waals surface area contributed by atoms with Gasteiger partial charge in [0.25, 0.3) is 0 Å². The fraction of sp³-hybridized carbons (Fsp3) is 0.500. The van der Waals surface area contributed by atoms with Gasteiger partial charge in [0.15, 0.2) is 0 Å². The first-order chi connectivity index (χ1) is 6.83. The summed E-state index contributed by atoms with van der Waals surface area (Å²) in [6.45, 7) is 0. The molecule has 2 saturated heterocycles. The average molecular weight is 366 g/mol. The van der Waals surface area contributed by atoms with Gasteiger partial charge in [0.1, 0.15) is 0 Å². The number of rotatable bonds is 0. The molecule has 0 saturated carbocycles. The summed E-state index contributed by atoms with van der Waals surface area (Å²) >= 11 is -5.51. The van der Waals surface area contributed by atoms with Crippen molar-refractivity contribution in [3.63, 3.8) is 0 Å². The Kier molecular flexibility index (Phi) is 4.33. The van der Waals surface area contributed by atoms with Gasteiger partial charge in [-0.1, -0.05) is 0 Å². The predicted octanol–water partition coefficient (Wildman–Crippen LogP) is -2.36. The first kappa shape index (κ1) is 14.7. The summed E-state index contributed by atoms with van der Waals surface area (Å²) in [5.41, 5.74) is -2.33. The van der Waals surface area contributed by atoms with Crippen molar-refractivity contribution < 1.29 is 31.6 Å². The molecule has 83 valence electrons. The van der Waals surface area contributed by atoms with E-state index in [1.54, 1.807) is 0 Å². The third-order valence-electron chi connectivity index (χ3n) is 1.88. The molecule has 1 radical (unpaired) electrons. The maximum Gasteiger partial charge on any atom is 0 e. The summed E-state index contributed by atoms with van der Waals surface area (Å²) in [7, 11) is 0. The molecule has 0 unspecified atom stereocenters. The predicted molar refractivity (Wildman–Crippen MR) is 44.7 cm³/mol. The fourth-order valence-corrected chi connectivity index (χ4v) is 4.42. The normalized spacial score (nSPS) is 37.4. The largest absolute Gasteiger partial charge is 0 e. The second-order valence-electron chi connectivity index (χ2n) is 3.14. The van der Waals surface area contributed by atoms with Crippen LogP contribution in [0, 0.1) is 0 Å². The van der Waals surface area contributed by atoms with E-state index in [0.717, 1.165) is 0 Å². The van der Waals surface area contributed by atoms with E-state index in [-0.39, 0.29) is 51.4 Å². The number of carbonyl (C=O) groups excluding carboxylic acids is 3. The molecule has 2 bridgehead atoms. The smallest absolute Gasteiger partial charge is 0 e. The van der Waals surface area contributed by atoms with E-state index in [1.807, 2.05) is 0 Å². The molecule has 0 aromatic heterocycles. The van der Waals surface area contributed by atoms with E-state index < -0.39 is 56.4 Å². The first-order valence-corrected chi connectivity index (χ1v) is 8.01. The minimum Gasteiger partial charge on any atom is 0 e. The molecular formula is C6H5KO8Sb. The molecular weight excluding hydrogens is 361 g/mol. The number of aliphatic hydroxyl groups is 1. The molecule has 8 nitrogen and oxygen atoms in total. The van der Waals surface area contributed by atoms with E-state index in [4.69, 9.17) is 0 Å². The molecule has 0 amide bonds. The van der Waals surface area contributed by atoms with E-state index in [0.29, 0.717) is 0 Å². The first-order valence-electron chi connectivity index (χ1n) is 3.84. The zero-order chi connectivity index (χ0) is 11.3. The fourth-order valence-electron chi connectivity index (χ4n) is 1.24. The third kappa shape index (κ3) is 2.71.